The molecule has 0 heterocycles. The summed E-state index contributed by atoms with van der Waals surface area (Å²) in [5, 5.41) is 3.46. The third kappa shape index (κ3) is 8.37. The Morgan fingerprint density at radius 3 is 2.73 bits per heavy atom. The molecule has 140 valence electrons. The zero-order valence-corrected chi connectivity index (χ0v) is 16.2. The van der Waals surface area contributed by atoms with E-state index >= 15 is 0 Å². The summed E-state index contributed by atoms with van der Waals surface area (Å²) in [4.78, 5) is 11.0. The summed E-state index contributed by atoms with van der Waals surface area (Å²) in [5.41, 5.74) is 3.41. The first-order chi connectivity index (χ1) is 12.7. The molecule has 2 rings (SSSR count). The van der Waals surface area contributed by atoms with E-state index in [1.165, 1.54) is 18.4 Å². The average molecular weight is 353 g/mol. The number of nitrogens with zero attached hydrogens (tertiary/aromatic N) is 3. The van der Waals surface area contributed by atoms with Gasteiger partial charge in [-0.15, -0.1) is 0 Å². The Morgan fingerprint density at radius 1 is 1.31 bits per heavy atom. The first-order valence-corrected chi connectivity index (χ1v) is 9.51. The van der Waals surface area contributed by atoms with Gasteiger partial charge in [-0.2, -0.15) is 0 Å². The van der Waals surface area contributed by atoms with Crippen molar-refractivity contribution in [1.82, 2.24) is 10.2 Å². The second-order valence-corrected chi connectivity index (χ2v) is 6.85. The first kappa shape index (κ1) is 20.3. The van der Waals surface area contributed by atoms with Gasteiger partial charge in [0.15, 0.2) is 0 Å². The van der Waals surface area contributed by atoms with Crippen LogP contribution in [0, 0.1) is 0 Å². The van der Waals surface area contributed by atoms with Gasteiger partial charge in [0.1, 0.15) is 0 Å². The van der Waals surface area contributed by atoms with Gasteiger partial charge in [0.2, 0.25) is 0 Å². The highest BCUT2D eigenvalue weighted by Gasteiger charge is 2.18. The first-order valence-electron chi connectivity index (χ1n) is 9.51. The van der Waals surface area contributed by atoms with Crippen LogP contribution >= 0.6 is 0 Å². The Labute approximate surface area is 158 Å². The normalized spacial score (nSPS) is 15.8. The van der Waals surface area contributed by atoms with Crippen molar-refractivity contribution in [1.29, 1.82) is 0 Å². The molecule has 1 aromatic carbocycles. The van der Waals surface area contributed by atoms with E-state index in [1.807, 2.05) is 13.1 Å². The summed E-state index contributed by atoms with van der Waals surface area (Å²) in [7, 11) is 2.17. The maximum atomic E-state index is 4.53. The summed E-state index contributed by atoms with van der Waals surface area (Å²) in [5.74, 6) is 0. The van der Waals surface area contributed by atoms with Crippen LogP contribution in [-0.4, -0.2) is 50.6 Å². The fraction of sp³-hybridized carbons (Fsp3) is 0.455. The highest BCUT2D eigenvalue weighted by atomic mass is 15.1. The molecule has 1 saturated carbocycles. The lowest BCUT2D eigenvalue weighted by Gasteiger charge is -2.16. The number of nitrogens with one attached hydrogen (secondary N) is 1. The predicted molar refractivity (Wildman–Crippen MR) is 113 cm³/mol. The Hall–Kier alpha value is -2.04. The minimum atomic E-state index is 0.546. The quantitative estimate of drug-likeness (QED) is 0.352. The number of hydrogen-bond acceptors (Lipinski definition) is 4. The van der Waals surface area contributed by atoms with Crippen LogP contribution in [-0.2, 0) is 6.54 Å². The summed E-state index contributed by atoms with van der Waals surface area (Å²) in [6.07, 6.45) is 9.64. The molecule has 0 unspecified atom stereocenters. The molecule has 0 saturated heterocycles. The average Bonchev–Trinajstić information content (AvgIpc) is 3.48. The molecule has 0 radical (unpaired) electrons. The summed E-state index contributed by atoms with van der Waals surface area (Å²) in [6.45, 7) is 9.48. The van der Waals surface area contributed by atoms with Crippen molar-refractivity contribution in [3.63, 3.8) is 0 Å². The highest BCUT2D eigenvalue weighted by molar-refractivity contribution is 5.82. The zero-order chi connectivity index (χ0) is 18.6. The van der Waals surface area contributed by atoms with E-state index in [4.69, 9.17) is 0 Å². The lowest BCUT2D eigenvalue weighted by molar-refractivity contribution is 0.320. The second kappa shape index (κ2) is 11.6. The molecular weight excluding hydrogens is 320 g/mol. The lowest BCUT2D eigenvalue weighted by atomic mass is 10.2. The van der Waals surface area contributed by atoms with Crippen LogP contribution in [0.2, 0.25) is 0 Å². The molecule has 1 N–H and O–H groups in total. The van der Waals surface area contributed by atoms with Gasteiger partial charge in [-0.25, -0.2) is 0 Å². The van der Waals surface area contributed by atoms with Crippen molar-refractivity contribution in [2.45, 2.75) is 38.8 Å². The molecular formula is C22H32N4. The van der Waals surface area contributed by atoms with Crippen molar-refractivity contribution < 1.29 is 0 Å². The smallest absolute Gasteiger partial charge is 0.0540 e. The van der Waals surface area contributed by atoms with Crippen LogP contribution in [0.15, 0.2) is 63.7 Å². The topological polar surface area (TPSA) is 40.0 Å². The summed E-state index contributed by atoms with van der Waals surface area (Å²) < 4.78 is 0. The Morgan fingerprint density at radius 2 is 2.08 bits per heavy atom. The second-order valence-electron chi connectivity index (χ2n) is 6.85. The monoisotopic (exact) mass is 352 g/mol. The predicted octanol–water partition coefficient (Wildman–Crippen LogP) is 3.86. The molecule has 4 nitrogen and oxygen atoms in total. The van der Waals surface area contributed by atoms with Crippen molar-refractivity contribution >= 4 is 12.9 Å². The molecule has 1 aromatic rings. The molecule has 26 heavy (non-hydrogen) atoms. The Kier molecular flexibility index (Phi) is 9.01. The molecule has 1 fully saturated rings. The number of hydrogen-bond donors (Lipinski definition) is 1. The van der Waals surface area contributed by atoms with E-state index in [0.29, 0.717) is 6.04 Å². The van der Waals surface area contributed by atoms with Crippen LogP contribution in [0.1, 0.15) is 31.7 Å². The van der Waals surface area contributed by atoms with E-state index < -0.39 is 0 Å². The van der Waals surface area contributed by atoms with E-state index in [-0.39, 0.29) is 0 Å². The van der Waals surface area contributed by atoms with E-state index in [9.17, 15) is 0 Å². The van der Waals surface area contributed by atoms with Gasteiger partial charge in [0.25, 0.3) is 0 Å². The van der Waals surface area contributed by atoms with Crippen molar-refractivity contribution in [3.05, 3.63) is 59.3 Å². The standard InChI is InChI=1S/C22H32N4/c1-4-19(16-25-21-11-12-21)15-22(23-2)17-24-13-8-14-26(3)18-20-9-6-5-7-10-20/h4-7,9-10,15-16,21,24H,2,8,11-14,17-18H2,1,3H3/b19-4+,22-15-,25-16+. The third-order valence-corrected chi connectivity index (χ3v) is 4.35. The summed E-state index contributed by atoms with van der Waals surface area (Å²) >= 11 is 0. The molecule has 1 aliphatic rings. The summed E-state index contributed by atoms with van der Waals surface area (Å²) in [6, 6.07) is 11.1. The third-order valence-electron chi connectivity index (χ3n) is 4.35. The fourth-order valence-corrected chi connectivity index (χ4v) is 2.62. The maximum absolute atomic E-state index is 4.53. The largest absolute Gasteiger partial charge is 0.311 e. The molecule has 0 spiro atoms. The van der Waals surface area contributed by atoms with Crippen LogP contribution in [0.3, 0.4) is 0 Å². The Bertz CT molecular complexity index is 627. The van der Waals surface area contributed by atoms with Crippen molar-refractivity contribution in [2.24, 2.45) is 9.98 Å². The van der Waals surface area contributed by atoms with Crippen LogP contribution in [0.25, 0.3) is 0 Å². The van der Waals surface area contributed by atoms with E-state index in [1.54, 1.807) is 0 Å². The minimum Gasteiger partial charge on any atom is -0.311 e. The molecule has 0 amide bonds. The van der Waals surface area contributed by atoms with Gasteiger partial charge < -0.3 is 10.2 Å². The van der Waals surface area contributed by atoms with Gasteiger partial charge in [-0.3, -0.25) is 9.98 Å². The molecule has 0 atom stereocenters. The van der Waals surface area contributed by atoms with Gasteiger partial charge in [-0.05, 0) is 70.3 Å². The number of aliphatic imine (C=N–C) groups is 2. The Balaban J connectivity index is 1.65. The molecule has 4 heteroatoms. The van der Waals surface area contributed by atoms with Gasteiger partial charge >= 0.3 is 0 Å². The van der Waals surface area contributed by atoms with Gasteiger partial charge in [0.05, 0.1) is 11.7 Å². The zero-order valence-electron chi connectivity index (χ0n) is 16.2. The van der Waals surface area contributed by atoms with Crippen molar-refractivity contribution in [3.8, 4) is 0 Å². The van der Waals surface area contributed by atoms with E-state index in [2.05, 4.69) is 76.5 Å². The van der Waals surface area contributed by atoms with Crippen LogP contribution in [0.5, 0.6) is 0 Å². The van der Waals surface area contributed by atoms with Gasteiger partial charge in [-0.1, -0.05) is 36.4 Å². The molecule has 0 aliphatic heterocycles. The molecule has 1 aliphatic carbocycles. The lowest BCUT2D eigenvalue weighted by Crippen LogP contribution is -2.24. The minimum absolute atomic E-state index is 0.546. The van der Waals surface area contributed by atoms with Crippen molar-refractivity contribution in [2.75, 3.05) is 26.7 Å². The molecule has 0 bridgehead atoms. The van der Waals surface area contributed by atoms with Crippen LogP contribution in [0.4, 0.5) is 0 Å². The van der Waals surface area contributed by atoms with Gasteiger partial charge in [0, 0.05) is 19.3 Å². The SMILES string of the molecule is C=N\C(=C/C(/C=N/C1CC1)=C\C)CNCCCN(C)Cc1ccccc1. The number of allylic oxidation sites excluding steroid dienone is 3. The van der Waals surface area contributed by atoms with E-state index in [0.717, 1.165) is 43.9 Å². The highest BCUT2D eigenvalue weighted by Crippen LogP contribution is 2.23. The maximum Gasteiger partial charge on any atom is 0.0540 e. The number of benzene rings is 1. The number of rotatable bonds is 12. The molecule has 0 aromatic heterocycles. The van der Waals surface area contributed by atoms with Crippen LogP contribution < -0.4 is 5.32 Å². The fourth-order valence-electron chi connectivity index (χ4n) is 2.62.